The summed E-state index contributed by atoms with van der Waals surface area (Å²) < 4.78 is 5.42. The highest BCUT2D eigenvalue weighted by Crippen LogP contribution is 2.28. The van der Waals surface area contributed by atoms with E-state index >= 15 is 0 Å². The van der Waals surface area contributed by atoms with Gasteiger partial charge in [-0.1, -0.05) is 12.1 Å². The fraction of sp³-hybridized carbons (Fsp3) is 0.500. The molecule has 0 spiro atoms. The molecule has 2 saturated heterocycles. The zero-order valence-electron chi connectivity index (χ0n) is 15.0. The van der Waals surface area contributed by atoms with Crippen LogP contribution < -0.4 is 19.9 Å². The number of methoxy groups -OCH3 is 1. The van der Waals surface area contributed by atoms with E-state index in [1.165, 1.54) is 25.7 Å². The topological polar surface area (TPSA) is 66.4 Å². The van der Waals surface area contributed by atoms with Crippen molar-refractivity contribution in [3.8, 4) is 5.75 Å². The molecule has 0 radical (unpaired) electrons. The first-order valence-electron chi connectivity index (χ1n) is 8.99. The van der Waals surface area contributed by atoms with Crippen LogP contribution in [0.15, 0.2) is 24.3 Å². The summed E-state index contributed by atoms with van der Waals surface area (Å²) >= 11 is 0. The van der Waals surface area contributed by atoms with Crippen molar-refractivity contribution >= 4 is 35.9 Å². The highest BCUT2D eigenvalue weighted by Gasteiger charge is 2.21. The molecule has 2 aliphatic rings. The standard InChI is InChI=1S/C18H24N6O.ClH/c1-25-15-9-3-2-8-14(15)19-16-20-17(23-10-4-5-11-23)22-18(21-16)24-12-6-7-13-24;/h2-3,8-9H,4-7,10-13H2,1H3,(H,19,20,21,22);1H. The van der Waals surface area contributed by atoms with Crippen molar-refractivity contribution in [1.29, 1.82) is 0 Å². The zero-order chi connectivity index (χ0) is 17.1. The van der Waals surface area contributed by atoms with E-state index in [0.29, 0.717) is 5.95 Å². The van der Waals surface area contributed by atoms with Gasteiger partial charge in [0.15, 0.2) is 0 Å². The van der Waals surface area contributed by atoms with Gasteiger partial charge in [-0.15, -0.1) is 12.4 Å². The first-order chi connectivity index (χ1) is 12.3. The van der Waals surface area contributed by atoms with E-state index in [0.717, 1.165) is 49.5 Å². The monoisotopic (exact) mass is 376 g/mol. The van der Waals surface area contributed by atoms with Crippen LogP contribution in [-0.4, -0.2) is 48.2 Å². The van der Waals surface area contributed by atoms with E-state index in [1.807, 2.05) is 24.3 Å². The van der Waals surface area contributed by atoms with Crippen LogP contribution in [0.2, 0.25) is 0 Å². The molecule has 8 heteroatoms. The van der Waals surface area contributed by atoms with Crippen molar-refractivity contribution < 1.29 is 4.74 Å². The van der Waals surface area contributed by atoms with Gasteiger partial charge in [-0.3, -0.25) is 0 Å². The fourth-order valence-corrected chi connectivity index (χ4v) is 3.40. The third kappa shape index (κ3) is 3.93. The molecule has 0 aliphatic carbocycles. The van der Waals surface area contributed by atoms with Gasteiger partial charge < -0.3 is 19.9 Å². The van der Waals surface area contributed by atoms with Gasteiger partial charge >= 0.3 is 0 Å². The molecule has 1 aromatic heterocycles. The summed E-state index contributed by atoms with van der Waals surface area (Å²) in [6.45, 7) is 4.05. The highest BCUT2D eigenvalue weighted by molar-refractivity contribution is 5.85. The van der Waals surface area contributed by atoms with E-state index in [1.54, 1.807) is 7.11 Å². The Balaban J connectivity index is 0.00000196. The molecule has 2 fully saturated rings. The molecule has 1 aromatic carbocycles. The fourth-order valence-electron chi connectivity index (χ4n) is 3.40. The Morgan fingerprint density at radius 2 is 1.38 bits per heavy atom. The largest absolute Gasteiger partial charge is 0.495 e. The molecule has 26 heavy (non-hydrogen) atoms. The minimum absolute atomic E-state index is 0. The number of ether oxygens (including phenoxy) is 1. The molecule has 0 amide bonds. The van der Waals surface area contributed by atoms with Gasteiger partial charge in [0.05, 0.1) is 12.8 Å². The number of hydrogen-bond donors (Lipinski definition) is 1. The van der Waals surface area contributed by atoms with Gasteiger partial charge in [-0.25, -0.2) is 0 Å². The number of hydrogen-bond acceptors (Lipinski definition) is 7. The number of aromatic nitrogens is 3. The summed E-state index contributed by atoms with van der Waals surface area (Å²) in [6.07, 6.45) is 4.78. The average molecular weight is 377 g/mol. The molecule has 2 aliphatic heterocycles. The molecule has 4 rings (SSSR count). The SMILES string of the molecule is COc1ccccc1Nc1nc(N2CCCC2)nc(N2CCCC2)n1.Cl. The van der Waals surface area contributed by atoms with E-state index in [2.05, 4.69) is 25.1 Å². The van der Waals surface area contributed by atoms with Gasteiger partial charge in [0.25, 0.3) is 0 Å². The van der Waals surface area contributed by atoms with Gasteiger partial charge in [0.1, 0.15) is 5.75 Å². The lowest BCUT2D eigenvalue weighted by Gasteiger charge is -2.21. The molecule has 0 atom stereocenters. The molecule has 2 aromatic rings. The van der Waals surface area contributed by atoms with Crippen molar-refractivity contribution in [2.45, 2.75) is 25.7 Å². The Kier molecular flexibility index (Phi) is 5.98. The van der Waals surface area contributed by atoms with Crippen molar-refractivity contribution in [1.82, 2.24) is 15.0 Å². The maximum absolute atomic E-state index is 5.42. The summed E-state index contributed by atoms with van der Waals surface area (Å²) in [7, 11) is 1.67. The molecule has 140 valence electrons. The van der Waals surface area contributed by atoms with Gasteiger partial charge in [0, 0.05) is 26.2 Å². The van der Waals surface area contributed by atoms with Gasteiger partial charge in [-0.2, -0.15) is 15.0 Å². The Morgan fingerprint density at radius 1 is 0.846 bits per heavy atom. The number of nitrogens with zero attached hydrogens (tertiary/aromatic N) is 5. The minimum Gasteiger partial charge on any atom is -0.495 e. The first kappa shape index (κ1) is 18.5. The van der Waals surface area contributed by atoms with E-state index in [-0.39, 0.29) is 12.4 Å². The Bertz CT molecular complexity index is 697. The van der Waals surface area contributed by atoms with Crippen LogP contribution in [0, 0.1) is 0 Å². The smallest absolute Gasteiger partial charge is 0.233 e. The molecular weight excluding hydrogens is 352 g/mol. The summed E-state index contributed by atoms with van der Waals surface area (Å²) in [5.41, 5.74) is 0.857. The second-order valence-electron chi connectivity index (χ2n) is 6.47. The van der Waals surface area contributed by atoms with Crippen LogP contribution >= 0.6 is 12.4 Å². The van der Waals surface area contributed by atoms with Crippen LogP contribution in [0.1, 0.15) is 25.7 Å². The number of benzene rings is 1. The minimum atomic E-state index is 0. The quantitative estimate of drug-likeness (QED) is 0.859. The molecule has 0 unspecified atom stereocenters. The molecule has 0 saturated carbocycles. The van der Waals surface area contributed by atoms with E-state index < -0.39 is 0 Å². The summed E-state index contributed by atoms with van der Waals surface area (Å²) in [6, 6.07) is 7.80. The maximum Gasteiger partial charge on any atom is 0.233 e. The average Bonchev–Trinajstić information content (AvgIpc) is 3.36. The van der Waals surface area contributed by atoms with Crippen LogP contribution in [0.5, 0.6) is 5.75 Å². The number of rotatable bonds is 5. The highest BCUT2D eigenvalue weighted by atomic mass is 35.5. The molecule has 1 N–H and O–H groups in total. The Hall–Kier alpha value is -2.28. The number of nitrogens with one attached hydrogen (secondary N) is 1. The maximum atomic E-state index is 5.42. The third-order valence-corrected chi connectivity index (χ3v) is 4.74. The van der Waals surface area contributed by atoms with Crippen LogP contribution in [0.3, 0.4) is 0 Å². The Morgan fingerprint density at radius 3 is 1.92 bits per heavy atom. The summed E-state index contributed by atoms with van der Waals surface area (Å²) in [5, 5.41) is 3.31. The third-order valence-electron chi connectivity index (χ3n) is 4.74. The first-order valence-corrected chi connectivity index (χ1v) is 8.99. The number of halogens is 1. The van der Waals surface area contributed by atoms with Crippen molar-refractivity contribution in [3.05, 3.63) is 24.3 Å². The number of para-hydroxylation sites is 2. The predicted octanol–water partition coefficient (Wildman–Crippen LogP) is 3.25. The van der Waals surface area contributed by atoms with Crippen molar-refractivity contribution in [3.63, 3.8) is 0 Å². The van der Waals surface area contributed by atoms with Crippen molar-refractivity contribution in [2.24, 2.45) is 0 Å². The number of anilines is 4. The lowest BCUT2D eigenvalue weighted by molar-refractivity contribution is 0.417. The molecule has 7 nitrogen and oxygen atoms in total. The molecular formula is C18H25ClN6O. The van der Waals surface area contributed by atoms with Crippen molar-refractivity contribution in [2.75, 3.05) is 48.4 Å². The second-order valence-corrected chi connectivity index (χ2v) is 6.47. The molecule has 0 bridgehead atoms. The van der Waals surface area contributed by atoms with Crippen LogP contribution in [-0.2, 0) is 0 Å². The summed E-state index contributed by atoms with van der Waals surface area (Å²) in [4.78, 5) is 18.6. The predicted molar refractivity (Wildman–Crippen MR) is 106 cm³/mol. The van der Waals surface area contributed by atoms with E-state index in [9.17, 15) is 0 Å². The van der Waals surface area contributed by atoms with Gasteiger partial charge in [-0.05, 0) is 37.8 Å². The lowest BCUT2D eigenvalue weighted by atomic mass is 10.3. The van der Waals surface area contributed by atoms with E-state index in [4.69, 9.17) is 9.72 Å². The van der Waals surface area contributed by atoms with Crippen LogP contribution in [0.4, 0.5) is 23.5 Å². The lowest BCUT2D eigenvalue weighted by Crippen LogP contribution is -2.25. The zero-order valence-corrected chi connectivity index (χ0v) is 15.8. The molecule has 3 heterocycles. The summed E-state index contributed by atoms with van der Waals surface area (Å²) in [5.74, 6) is 2.88. The van der Waals surface area contributed by atoms with Gasteiger partial charge in [0.2, 0.25) is 17.8 Å². The Labute approximate surface area is 160 Å². The van der Waals surface area contributed by atoms with Crippen LogP contribution in [0.25, 0.3) is 0 Å². The second kappa shape index (κ2) is 8.40. The normalized spacial score (nSPS) is 16.5.